The Morgan fingerprint density at radius 1 is 1.56 bits per heavy atom. The minimum atomic E-state index is 0.487. The van der Waals surface area contributed by atoms with Crippen molar-refractivity contribution in [1.82, 2.24) is 5.32 Å². The molecule has 1 aromatic heterocycles. The summed E-state index contributed by atoms with van der Waals surface area (Å²) in [6.07, 6.45) is 5.23. The molecule has 0 amide bonds. The van der Waals surface area contributed by atoms with Crippen LogP contribution in [0.25, 0.3) is 0 Å². The second kappa shape index (κ2) is 6.16. The molecule has 18 heavy (non-hydrogen) atoms. The van der Waals surface area contributed by atoms with E-state index in [1.165, 1.54) is 17.9 Å². The van der Waals surface area contributed by atoms with E-state index < -0.39 is 0 Å². The molecule has 3 heteroatoms. The summed E-state index contributed by atoms with van der Waals surface area (Å²) in [5, 5.41) is 3.77. The lowest BCUT2D eigenvalue weighted by molar-refractivity contribution is 0.299. The summed E-state index contributed by atoms with van der Waals surface area (Å²) in [7, 11) is 0. The molecular weight excluding hydrogens is 242 g/mol. The van der Waals surface area contributed by atoms with Gasteiger partial charge in [-0.2, -0.15) is 11.8 Å². The molecule has 2 heterocycles. The number of hydrogen-bond donors (Lipinski definition) is 1. The molecule has 1 fully saturated rings. The van der Waals surface area contributed by atoms with Gasteiger partial charge in [0.05, 0.1) is 6.26 Å². The van der Waals surface area contributed by atoms with Gasteiger partial charge in [0.2, 0.25) is 0 Å². The maximum Gasteiger partial charge on any atom is 0.103 e. The maximum absolute atomic E-state index is 5.38. The van der Waals surface area contributed by atoms with Crippen molar-refractivity contribution in [3.63, 3.8) is 0 Å². The molecule has 1 saturated heterocycles. The SMILES string of the molecule is CC(CCc1ccco1)NC1CSCC(C)(C)C1. The van der Waals surface area contributed by atoms with Crippen LogP contribution in [0.2, 0.25) is 0 Å². The summed E-state index contributed by atoms with van der Waals surface area (Å²) < 4.78 is 5.38. The van der Waals surface area contributed by atoms with E-state index in [1.807, 2.05) is 6.07 Å². The molecule has 2 rings (SSSR count). The number of rotatable bonds is 5. The highest BCUT2D eigenvalue weighted by Gasteiger charge is 2.28. The van der Waals surface area contributed by atoms with Gasteiger partial charge >= 0.3 is 0 Å². The number of thioether (sulfide) groups is 1. The second-order valence-corrected chi connectivity index (χ2v) is 7.30. The Morgan fingerprint density at radius 3 is 3.06 bits per heavy atom. The Kier molecular flexibility index (Phi) is 4.79. The fourth-order valence-electron chi connectivity index (χ4n) is 2.67. The van der Waals surface area contributed by atoms with Gasteiger partial charge < -0.3 is 9.73 Å². The first-order valence-corrected chi connectivity index (χ1v) is 8.07. The standard InChI is InChI=1S/C15H25NOS/c1-12(6-7-14-5-4-8-17-14)16-13-9-15(2,3)11-18-10-13/h4-5,8,12-13,16H,6-7,9-11H2,1-3H3. The molecule has 1 aliphatic rings. The Bertz CT molecular complexity index is 347. The summed E-state index contributed by atoms with van der Waals surface area (Å²) >= 11 is 2.09. The zero-order valence-electron chi connectivity index (χ0n) is 11.7. The molecule has 0 aliphatic carbocycles. The first-order valence-electron chi connectivity index (χ1n) is 6.91. The predicted octanol–water partition coefficient (Wildman–Crippen LogP) is 3.72. The zero-order valence-corrected chi connectivity index (χ0v) is 12.6. The van der Waals surface area contributed by atoms with E-state index in [0.29, 0.717) is 17.5 Å². The molecule has 0 spiro atoms. The van der Waals surface area contributed by atoms with Crippen LogP contribution in [0.15, 0.2) is 22.8 Å². The Balaban J connectivity index is 1.72. The highest BCUT2D eigenvalue weighted by Crippen LogP contribution is 2.33. The number of aryl methyl sites for hydroxylation is 1. The smallest absolute Gasteiger partial charge is 0.103 e. The highest BCUT2D eigenvalue weighted by atomic mass is 32.2. The molecule has 0 bridgehead atoms. The van der Waals surface area contributed by atoms with Crippen molar-refractivity contribution in [2.75, 3.05) is 11.5 Å². The fraction of sp³-hybridized carbons (Fsp3) is 0.733. The molecular formula is C15H25NOS. The van der Waals surface area contributed by atoms with Gasteiger partial charge in [-0.3, -0.25) is 0 Å². The van der Waals surface area contributed by atoms with Crippen molar-refractivity contribution < 1.29 is 4.42 Å². The molecule has 1 aromatic rings. The van der Waals surface area contributed by atoms with Crippen LogP contribution in [-0.4, -0.2) is 23.6 Å². The van der Waals surface area contributed by atoms with Crippen LogP contribution in [0, 0.1) is 5.41 Å². The normalized spacial score (nSPS) is 24.9. The van der Waals surface area contributed by atoms with E-state index in [0.717, 1.165) is 18.6 Å². The highest BCUT2D eigenvalue weighted by molar-refractivity contribution is 7.99. The van der Waals surface area contributed by atoms with Crippen LogP contribution >= 0.6 is 11.8 Å². The third-order valence-corrected chi connectivity index (χ3v) is 5.16. The molecule has 0 aromatic carbocycles. The first kappa shape index (κ1) is 14.0. The molecule has 1 aliphatic heterocycles. The van der Waals surface area contributed by atoms with E-state index in [9.17, 15) is 0 Å². The second-order valence-electron chi connectivity index (χ2n) is 6.27. The van der Waals surface area contributed by atoms with Crippen LogP contribution < -0.4 is 5.32 Å². The minimum Gasteiger partial charge on any atom is -0.469 e. The van der Waals surface area contributed by atoms with Crippen LogP contribution in [0.1, 0.15) is 39.4 Å². The van der Waals surface area contributed by atoms with Crippen molar-refractivity contribution in [3.8, 4) is 0 Å². The minimum absolute atomic E-state index is 0.487. The lowest BCUT2D eigenvalue weighted by Crippen LogP contribution is -2.44. The van der Waals surface area contributed by atoms with Gasteiger partial charge in [-0.15, -0.1) is 0 Å². The van der Waals surface area contributed by atoms with Crippen molar-refractivity contribution in [1.29, 1.82) is 0 Å². The van der Waals surface area contributed by atoms with E-state index in [1.54, 1.807) is 6.26 Å². The van der Waals surface area contributed by atoms with Crippen molar-refractivity contribution in [3.05, 3.63) is 24.2 Å². The van der Waals surface area contributed by atoms with E-state index in [4.69, 9.17) is 4.42 Å². The molecule has 2 atom stereocenters. The van der Waals surface area contributed by atoms with Crippen molar-refractivity contribution >= 4 is 11.8 Å². The summed E-state index contributed by atoms with van der Waals surface area (Å²) in [6.45, 7) is 7.04. The average molecular weight is 267 g/mol. The fourth-order valence-corrected chi connectivity index (χ4v) is 3.96. The van der Waals surface area contributed by atoms with Crippen LogP contribution in [-0.2, 0) is 6.42 Å². The third kappa shape index (κ3) is 4.36. The quantitative estimate of drug-likeness (QED) is 0.880. The Labute approximate surface area is 115 Å². The largest absolute Gasteiger partial charge is 0.469 e. The molecule has 0 radical (unpaired) electrons. The van der Waals surface area contributed by atoms with Gasteiger partial charge in [0.15, 0.2) is 0 Å². The van der Waals surface area contributed by atoms with Crippen molar-refractivity contribution in [2.24, 2.45) is 5.41 Å². The molecule has 0 saturated carbocycles. The first-order chi connectivity index (χ1) is 8.55. The lowest BCUT2D eigenvalue weighted by Gasteiger charge is -2.36. The van der Waals surface area contributed by atoms with E-state index in [2.05, 4.69) is 43.9 Å². The molecule has 2 unspecified atom stereocenters. The predicted molar refractivity (Wildman–Crippen MR) is 79.1 cm³/mol. The number of hydrogen-bond acceptors (Lipinski definition) is 3. The number of nitrogens with one attached hydrogen (secondary N) is 1. The Morgan fingerprint density at radius 2 is 2.39 bits per heavy atom. The molecule has 102 valence electrons. The van der Waals surface area contributed by atoms with Gasteiger partial charge in [-0.05, 0) is 43.1 Å². The summed E-state index contributed by atoms with van der Waals surface area (Å²) in [5.41, 5.74) is 0.487. The van der Waals surface area contributed by atoms with Crippen LogP contribution in [0.5, 0.6) is 0 Å². The van der Waals surface area contributed by atoms with Crippen molar-refractivity contribution in [2.45, 2.75) is 52.1 Å². The van der Waals surface area contributed by atoms with E-state index in [-0.39, 0.29) is 0 Å². The van der Waals surface area contributed by atoms with Crippen LogP contribution in [0.4, 0.5) is 0 Å². The molecule has 2 nitrogen and oxygen atoms in total. The topological polar surface area (TPSA) is 25.2 Å². The van der Waals surface area contributed by atoms with E-state index >= 15 is 0 Å². The van der Waals surface area contributed by atoms with Gasteiger partial charge in [-0.1, -0.05) is 13.8 Å². The Hall–Kier alpha value is -0.410. The number of furan rings is 1. The zero-order chi connectivity index (χ0) is 13.0. The third-order valence-electron chi connectivity index (χ3n) is 3.53. The summed E-state index contributed by atoms with van der Waals surface area (Å²) in [5.74, 6) is 3.66. The van der Waals surface area contributed by atoms with Crippen LogP contribution in [0.3, 0.4) is 0 Å². The van der Waals surface area contributed by atoms with Gasteiger partial charge in [0.25, 0.3) is 0 Å². The average Bonchev–Trinajstić information content (AvgIpc) is 2.77. The van der Waals surface area contributed by atoms with Gasteiger partial charge in [0.1, 0.15) is 5.76 Å². The van der Waals surface area contributed by atoms with Gasteiger partial charge in [0, 0.05) is 24.3 Å². The summed E-state index contributed by atoms with van der Waals surface area (Å²) in [6, 6.07) is 5.26. The monoisotopic (exact) mass is 267 g/mol. The molecule has 1 N–H and O–H groups in total. The van der Waals surface area contributed by atoms with Gasteiger partial charge in [-0.25, -0.2) is 0 Å². The maximum atomic E-state index is 5.38. The summed E-state index contributed by atoms with van der Waals surface area (Å²) in [4.78, 5) is 0. The lowest BCUT2D eigenvalue weighted by atomic mass is 9.87.